The summed E-state index contributed by atoms with van der Waals surface area (Å²) < 4.78 is 37.3. The molecule has 1 fully saturated rings. The second-order valence-electron chi connectivity index (χ2n) is 7.10. The molecule has 31 heavy (non-hydrogen) atoms. The Morgan fingerprint density at radius 2 is 2.10 bits per heavy atom. The van der Waals surface area contributed by atoms with Gasteiger partial charge in [-0.05, 0) is 13.3 Å². The van der Waals surface area contributed by atoms with E-state index in [1.165, 1.54) is 17.2 Å². The standard InChI is InChI=1S/C16H23N7O7S/c1-7(2)3-8(17)15(26)22-31(27,28)29-4-9-11(24)12(25)16(30-9)23-6-21-10-13(18)19-5-20-14(10)23/h5-6,8-9,11-12,16,24-25H,1,3-4,17H2,2H3,(H,22,26)(H2,18,19,20)/t8?,9-,11-,12-,16-/m1/s1. The van der Waals surface area contributed by atoms with Gasteiger partial charge in [-0.1, -0.05) is 5.57 Å². The van der Waals surface area contributed by atoms with Gasteiger partial charge in [0.25, 0.3) is 5.91 Å². The molecule has 0 aromatic carbocycles. The average molecular weight is 457 g/mol. The third-order valence-electron chi connectivity index (χ3n) is 4.52. The number of carbonyl (C=O) groups excluding carboxylic acids is 1. The van der Waals surface area contributed by atoms with E-state index >= 15 is 0 Å². The number of imidazole rings is 1. The van der Waals surface area contributed by atoms with Gasteiger partial charge in [0.05, 0.1) is 19.0 Å². The molecule has 1 aliphatic rings. The van der Waals surface area contributed by atoms with Crippen LogP contribution < -0.4 is 16.2 Å². The summed E-state index contributed by atoms with van der Waals surface area (Å²) >= 11 is 0. The van der Waals surface area contributed by atoms with Crippen LogP contribution in [-0.4, -0.2) is 75.0 Å². The third kappa shape index (κ3) is 4.97. The summed E-state index contributed by atoms with van der Waals surface area (Å²) in [6.07, 6.45) is -2.77. The van der Waals surface area contributed by atoms with Crippen LogP contribution in [0, 0.1) is 0 Å². The molecule has 0 spiro atoms. The number of hydrogen-bond acceptors (Lipinski definition) is 12. The lowest BCUT2D eigenvalue weighted by molar-refractivity contribution is -0.120. The van der Waals surface area contributed by atoms with Crippen LogP contribution in [0.4, 0.5) is 5.82 Å². The molecule has 1 saturated heterocycles. The van der Waals surface area contributed by atoms with Crippen molar-refractivity contribution >= 4 is 33.2 Å². The first-order chi connectivity index (χ1) is 14.5. The Morgan fingerprint density at radius 1 is 1.39 bits per heavy atom. The summed E-state index contributed by atoms with van der Waals surface area (Å²) in [5.41, 5.74) is 12.4. The van der Waals surface area contributed by atoms with E-state index in [9.17, 15) is 23.4 Å². The highest BCUT2D eigenvalue weighted by atomic mass is 32.2. The summed E-state index contributed by atoms with van der Waals surface area (Å²) in [6, 6.07) is -1.13. The van der Waals surface area contributed by atoms with Gasteiger partial charge in [0.2, 0.25) is 0 Å². The van der Waals surface area contributed by atoms with Gasteiger partial charge in [-0.25, -0.2) is 19.7 Å². The smallest absolute Gasteiger partial charge is 0.362 e. The zero-order valence-corrected chi connectivity index (χ0v) is 17.3. The number of aliphatic hydroxyl groups is 2. The van der Waals surface area contributed by atoms with Crippen LogP contribution in [0.1, 0.15) is 19.6 Å². The van der Waals surface area contributed by atoms with E-state index in [1.54, 1.807) is 11.6 Å². The predicted octanol–water partition coefficient (Wildman–Crippen LogP) is -2.30. The maximum absolute atomic E-state index is 12.0. The Bertz CT molecular complexity index is 1090. The van der Waals surface area contributed by atoms with Crippen LogP contribution in [-0.2, 0) is 24.0 Å². The molecule has 14 nitrogen and oxygen atoms in total. The topological polar surface area (TPSA) is 218 Å². The second-order valence-corrected chi connectivity index (χ2v) is 8.45. The van der Waals surface area contributed by atoms with Crippen molar-refractivity contribution < 1.29 is 32.3 Å². The molecule has 2 aromatic rings. The highest BCUT2D eigenvalue weighted by molar-refractivity contribution is 7.85. The maximum atomic E-state index is 12.0. The van der Waals surface area contributed by atoms with Crippen LogP contribution >= 0.6 is 0 Å². The first-order valence-corrected chi connectivity index (χ1v) is 10.5. The average Bonchev–Trinajstić information content (AvgIpc) is 3.22. The summed E-state index contributed by atoms with van der Waals surface area (Å²) in [5.74, 6) is -0.862. The van der Waals surface area contributed by atoms with Crippen molar-refractivity contribution in [2.24, 2.45) is 5.73 Å². The number of nitrogen functional groups attached to an aromatic ring is 1. The second kappa shape index (κ2) is 8.81. The summed E-state index contributed by atoms with van der Waals surface area (Å²) in [7, 11) is -4.54. The first kappa shape index (κ1) is 23.0. The highest BCUT2D eigenvalue weighted by Gasteiger charge is 2.45. The van der Waals surface area contributed by atoms with Gasteiger partial charge in [0.15, 0.2) is 17.7 Å². The minimum Gasteiger partial charge on any atom is -0.387 e. The van der Waals surface area contributed by atoms with Gasteiger partial charge in [-0.2, -0.15) is 8.42 Å². The van der Waals surface area contributed by atoms with Crippen LogP contribution in [0.2, 0.25) is 0 Å². The van der Waals surface area contributed by atoms with Crippen LogP contribution in [0.25, 0.3) is 11.2 Å². The molecule has 0 bridgehead atoms. The molecule has 0 saturated carbocycles. The molecule has 0 aliphatic carbocycles. The fraction of sp³-hybridized carbons (Fsp3) is 0.500. The zero-order valence-electron chi connectivity index (χ0n) is 16.5. The van der Waals surface area contributed by atoms with Gasteiger partial charge in [-0.15, -0.1) is 6.58 Å². The number of ether oxygens (including phenoxy) is 1. The number of fused-ring (bicyclic) bond motifs is 1. The normalized spacial score (nSPS) is 24.9. The van der Waals surface area contributed by atoms with Crippen molar-refractivity contribution in [2.75, 3.05) is 12.3 Å². The minimum absolute atomic E-state index is 0.0899. The van der Waals surface area contributed by atoms with Crippen molar-refractivity contribution in [3.63, 3.8) is 0 Å². The number of hydrogen-bond donors (Lipinski definition) is 5. The molecule has 15 heteroatoms. The molecule has 1 unspecified atom stereocenters. The molecule has 3 heterocycles. The number of nitrogens with two attached hydrogens (primary N) is 2. The fourth-order valence-electron chi connectivity index (χ4n) is 3.01. The van der Waals surface area contributed by atoms with Crippen LogP contribution in [0.5, 0.6) is 0 Å². The quantitative estimate of drug-likeness (QED) is 0.264. The fourth-order valence-corrected chi connectivity index (χ4v) is 3.78. The maximum Gasteiger partial charge on any atom is 0.362 e. The molecule has 170 valence electrons. The number of nitrogens with one attached hydrogen (secondary N) is 1. The molecule has 7 N–H and O–H groups in total. The van der Waals surface area contributed by atoms with Gasteiger partial charge in [-0.3, -0.25) is 13.5 Å². The Morgan fingerprint density at radius 3 is 2.77 bits per heavy atom. The van der Waals surface area contributed by atoms with Gasteiger partial charge in [0.1, 0.15) is 30.2 Å². The van der Waals surface area contributed by atoms with E-state index in [0.717, 1.165) is 0 Å². The van der Waals surface area contributed by atoms with Crippen molar-refractivity contribution in [1.82, 2.24) is 24.2 Å². The largest absolute Gasteiger partial charge is 0.387 e. The van der Waals surface area contributed by atoms with E-state index in [2.05, 4.69) is 21.5 Å². The Labute approximate surface area is 177 Å². The van der Waals surface area contributed by atoms with Gasteiger partial charge < -0.3 is 26.4 Å². The number of aliphatic hydroxyl groups excluding tert-OH is 2. The van der Waals surface area contributed by atoms with E-state index in [0.29, 0.717) is 5.57 Å². The summed E-state index contributed by atoms with van der Waals surface area (Å²) in [5, 5.41) is 20.6. The molecule has 1 amide bonds. The number of rotatable bonds is 8. The molecule has 3 rings (SSSR count). The van der Waals surface area contributed by atoms with Crippen molar-refractivity contribution in [2.45, 2.75) is 43.9 Å². The highest BCUT2D eigenvalue weighted by Crippen LogP contribution is 2.32. The summed E-state index contributed by atoms with van der Waals surface area (Å²) in [4.78, 5) is 23.8. The van der Waals surface area contributed by atoms with Crippen LogP contribution in [0.15, 0.2) is 24.8 Å². The molecule has 2 aromatic heterocycles. The Kier molecular flexibility index (Phi) is 6.54. The number of anilines is 1. The number of nitrogens with zero attached hydrogens (tertiary/aromatic N) is 4. The molecule has 5 atom stereocenters. The van der Waals surface area contributed by atoms with Gasteiger partial charge >= 0.3 is 10.3 Å². The molecular formula is C16H23N7O7S. The lowest BCUT2D eigenvalue weighted by Crippen LogP contribution is -2.45. The number of carbonyl (C=O) groups is 1. The van der Waals surface area contributed by atoms with E-state index in [1.807, 2.05) is 0 Å². The Balaban J connectivity index is 1.66. The van der Waals surface area contributed by atoms with Crippen molar-refractivity contribution in [1.29, 1.82) is 0 Å². The lowest BCUT2D eigenvalue weighted by Gasteiger charge is -2.16. The third-order valence-corrected chi connectivity index (χ3v) is 5.41. The van der Waals surface area contributed by atoms with Crippen molar-refractivity contribution in [3.8, 4) is 0 Å². The van der Waals surface area contributed by atoms with Crippen molar-refractivity contribution in [3.05, 3.63) is 24.8 Å². The lowest BCUT2D eigenvalue weighted by atomic mass is 10.1. The predicted molar refractivity (Wildman–Crippen MR) is 106 cm³/mol. The SMILES string of the molecule is C=C(C)CC(N)C(=O)NS(=O)(=O)OC[C@H]1O[C@@H](n2cnc3c(N)ncnc32)[C@H](O)[C@@H]1O. The molecule has 1 aliphatic heterocycles. The molecule has 0 radical (unpaired) electrons. The van der Waals surface area contributed by atoms with E-state index < -0.39 is 53.4 Å². The number of aromatic nitrogens is 4. The minimum atomic E-state index is -4.54. The zero-order chi connectivity index (χ0) is 22.9. The first-order valence-electron chi connectivity index (χ1n) is 9.05. The molecular weight excluding hydrogens is 434 g/mol. The Hall–Kier alpha value is -2.69. The van der Waals surface area contributed by atoms with Crippen LogP contribution in [0.3, 0.4) is 0 Å². The van der Waals surface area contributed by atoms with E-state index in [4.69, 9.17) is 20.4 Å². The van der Waals surface area contributed by atoms with Gasteiger partial charge in [0, 0.05) is 0 Å². The number of amides is 1. The van der Waals surface area contributed by atoms with E-state index in [-0.39, 0.29) is 23.4 Å². The monoisotopic (exact) mass is 457 g/mol. The summed E-state index contributed by atoms with van der Waals surface area (Å²) in [6.45, 7) is 4.56.